The molecule has 2 aliphatic rings. The summed E-state index contributed by atoms with van der Waals surface area (Å²) in [4.78, 5) is 4.94. The van der Waals surface area contributed by atoms with Crippen molar-refractivity contribution in [2.75, 3.05) is 34.3 Å². The zero-order valence-electron chi connectivity index (χ0n) is 23.3. The van der Waals surface area contributed by atoms with Crippen molar-refractivity contribution in [2.45, 2.75) is 37.8 Å². The highest BCUT2D eigenvalue weighted by Crippen LogP contribution is 2.37. The Morgan fingerprint density at radius 2 is 1.18 bits per heavy atom. The topological polar surface area (TPSA) is 24.9 Å². The molecule has 39 heavy (non-hydrogen) atoms. The predicted octanol–water partition coefficient (Wildman–Crippen LogP) is 7.03. The van der Waals surface area contributed by atoms with Crippen LogP contribution in [-0.4, -0.2) is 44.1 Å². The van der Waals surface area contributed by atoms with E-state index in [1.54, 1.807) is 7.11 Å². The zero-order valence-corrected chi connectivity index (χ0v) is 23.3. The van der Waals surface area contributed by atoms with Crippen molar-refractivity contribution in [3.63, 3.8) is 0 Å². The quantitative estimate of drug-likeness (QED) is 0.262. The highest BCUT2D eigenvalue weighted by atomic mass is 16.5. The number of hydrogen-bond donors (Lipinski definition) is 0. The fraction of sp³-hybridized carbons (Fsp3) is 0.314. The molecule has 4 nitrogen and oxygen atoms in total. The van der Waals surface area contributed by atoms with E-state index in [-0.39, 0.29) is 0 Å². The molecule has 0 spiro atoms. The highest BCUT2D eigenvalue weighted by Gasteiger charge is 2.26. The molecule has 6 rings (SSSR count). The molecule has 0 fully saturated rings. The molecule has 0 amide bonds. The van der Waals surface area contributed by atoms with Crippen molar-refractivity contribution >= 4 is 0 Å². The van der Waals surface area contributed by atoms with Crippen LogP contribution in [0.15, 0.2) is 91.0 Å². The third kappa shape index (κ3) is 5.45. The van der Waals surface area contributed by atoms with E-state index in [0.717, 1.165) is 56.0 Å². The van der Waals surface area contributed by atoms with Gasteiger partial charge in [0.2, 0.25) is 0 Å². The standard InChI is InChI=1S/C35H38N2O2/c1-36-20-18-27-8-4-6-10-30(27)32(36)22-25-12-15-29(16-13-25)39-35-24-26(14-17-34(35)38-3)23-33-31-11-7-5-9-28(31)19-21-37(33)2/h4-17,24,32-33H,18-23H2,1-3H3. The molecule has 2 unspecified atom stereocenters. The second-order valence-electron chi connectivity index (χ2n) is 11.0. The molecule has 4 aromatic carbocycles. The monoisotopic (exact) mass is 518 g/mol. The summed E-state index contributed by atoms with van der Waals surface area (Å²) in [5.41, 5.74) is 8.40. The maximum atomic E-state index is 6.40. The van der Waals surface area contributed by atoms with E-state index in [1.165, 1.54) is 33.4 Å². The molecule has 0 aliphatic carbocycles. The minimum absolute atomic E-state index is 0.360. The molecule has 0 radical (unpaired) electrons. The van der Waals surface area contributed by atoms with E-state index in [2.05, 4.69) is 109 Å². The number of benzene rings is 4. The molecule has 0 N–H and O–H groups in total. The van der Waals surface area contributed by atoms with E-state index in [9.17, 15) is 0 Å². The lowest BCUT2D eigenvalue weighted by atomic mass is 9.89. The Balaban J connectivity index is 1.18. The van der Waals surface area contributed by atoms with Crippen molar-refractivity contribution in [2.24, 2.45) is 0 Å². The summed E-state index contributed by atoms with van der Waals surface area (Å²) in [7, 11) is 6.17. The van der Waals surface area contributed by atoms with E-state index in [4.69, 9.17) is 9.47 Å². The molecule has 0 aromatic heterocycles. The van der Waals surface area contributed by atoms with Crippen LogP contribution in [-0.2, 0) is 25.7 Å². The van der Waals surface area contributed by atoms with Gasteiger partial charge in [0.25, 0.3) is 0 Å². The number of likely N-dealkylation sites (N-methyl/N-ethyl adjacent to an activating group) is 2. The smallest absolute Gasteiger partial charge is 0.169 e. The molecule has 0 bridgehead atoms. The molecule has 4 aromatic rings. The first-order chi connectivity index (χ1) is 19.1. The minimum Gasteiger partial charge on any atom is -0.493 e. The Bertz CT molecular complexity index is 1430. The average molecular weight is 519 g/mol. The van der Waals surface area contributed by atoms with Crippen molar-refractivity contribution in [3.8, 4) is 17.2 Å². The number of ether oxygens (including phenoxy) is 2. The van der Waals surface area contributed by atoms with E-state index in [0.29, 0.717) is 12.1 Å². The molecular formula is C35H38N2O2. The van der Waals surface area contributed by atoms with Crippen molar-refractivity contribution in [1.29, 1.82) is 0 Å². The number of fused-ring (bicyclic) bond motifs is 2. The van der Waals surface area contributed by atoms with Crippen LogP contribution in [0.3, 0.4) is 0 Å². The summed E-state index contributed by atoms with van der Waals surface area (Å²) >= 11 is 0. The van der Waals surface area contributed by atoms with Gasteiger partial charge in [-0.05, 0) is 97.4 Å². The van der Waals surface area contributed by atoms with Crippen LogP contribution in [0.4, 0.5) is 0 Å². The molecule has 0 saturated heterocycles. The third-order valence-electron chi connectivity index (χ3n) is 8.60. The fourth-order valence-electron chi connectivity index (χ4n) is 6.28. The van der Waals surface area contributed by atoms with Gasteiger partial charge in [0, 0.05) is 25.2 Å². The lowest BCUT2D eigenvalue weighted by Crippen LogP contribution is -2.33. The third-order valence-corrected chi connectivity index (χ3v) is 8.60. The van der Waals surface area contributed by atoms with Gasteiger partial charge in [-0.25, -0.2) is 0 Å². The van der Waals surface area contributed by atoms with Crippen LogP contribution in [0.2, 0.25) is 0 Å². The number of methoxy groups -OCH3 is 1. The summed E-state index contributed by atoms with van der Waals surface area (Å²) in [6.07, 6.45) is 4.16. The second-order valence-corrected chi connectivity index (χ2v) is 11.0. The molecule has 2 aliphatic heterocycles. The van der Waals surface area contributed by atoms with Crippen LogP contribution >= 0.6 is 0 Å². The summed E-state index contributed by atoms with van der Waals surface area (Å²) in [5, 5.41) is 0. The van der Waals surface area contributed by atoms with Crippen LogP contribution in [0.25, 0.3) is 0 Å². The molecule has 2 atom stereocenters. The lowest BCUT2D eigenvalue weighted by molar-refractivity contribution is 0.229. The Labute approximate surface area is 232 Å². The minimum atomic E-state index is 0.360. The van der Waals surface area contributed by atoms with Gasteiger partial charge in [-0.3, -0.25) is 9.80 Å². The molecule has 200 valence electrons. The van der Waals surface area contributed by atoms with E-state index >= 15 is 0 Å². The van der Waals surface area contributed by atoms with Gasteiger partial charge >= 0.3 is 0 Å². The van der Waals surface area contributed by atoms with Gasteiger partial charge in [-0.1, -0.05) is 66.7 Å². The molecule has 0 saturated carbocycles. The van der Waals surface area contributed by atoms with Gasteiger partial charge in [0.15, 0.2) is 11.5 Å². The second kappa shape index (κ2) is 11.3. The maximum Gasteiger partial charge on any atom is 0.169 e. The molecule has 4 heteroatoms. The van der Waals surface area contributed by atoms with Crippen molar-refractivity contribution in [3.05, 3.63) is 124 Å². The summed E-state index contributed by atoms with van der Waals surface area (Å²) in [6.45, 7) is 2.18. The molecule has 2 heterocycles. The summed E-state index contributed by atoms with van der Waals surface area (Å²) < 4.78 is 12.1. The number of nitrogens with zero attached hydrogens (tertiary/aromatic N) is 2. The Kier molecular flexibility index (Phi) is 7.40. The van der Waals surface area contributed by atoms with Crippen LogP contribution in [0.1, 0.15) is 45.5 Å². The largest absolute Gasteiger partial charge is 0.493 e. The predicted molar refractivity (Wildman–Crippen MR) is 158 cm³/mol. The first-order valence-corrected chi connectivity index (χ1v) is 14.1. The Morgan fingerprint density at radius 3 is 1.77 bits per heavy atom. The van der Waals surface area contributed by atoms with Crippen molar-refractivity contribution < 1.29 is 9.47 Å². The summed E-state index contributed by atoms with van der Waals surface area (Å²) in [6, 6.07) is 33.4. The van der Waals surface area contributed by atoms with E-state index < -0.39 is 0 Å². The lowest BCUT2D eigenvalue weighted by Gasteiger charge is -2.35. The Hall–Kier alpha value is -3.60. The van der Waals surface area contributed by atoms with E-state index in [1.807, 2.05) is 6.07 Å². The van der Waals surface area contributed by atoms with Crippen LogP contribution < -0.4 is 9.47 Å². The van der Waals surface area contributed by atoms with Crippen molar-refractivity contribution in [1.82, 2.24) is 9.80 Å². The van der Waals surface area contributed by atoms with Gasteiger partial charge in [0.05, 0.1) is 7.11 Å². The van der Waals surface area contributed by atoms with Crippen LogP contribution in [0, 0.1) is 0 Å². The number of rotatable bonds is 7. The van der Waals surface area contributed by atoms with Crippen LogP contribution in [0.5, 0.6) is 17.2 Å². The highest BCUT2D eigenvalue weighted by molar-refractivity contribution is 5.47. The first-order valence-electron chi connectivity index (χ1n) is 14.1. The maximum absolute atomic E-state index is 6.40. The number of hydrogen-bond acceptors (Lipinski definition) is 4. The molecular weight excluding hydrogens is 480 g/mol. The SMILES string of the molecule is COc1ccc(CC2c3ccccc3CCN2C)cc1Oc1ccc(CC2c3ccccc3CCN2C)cc1. The Morgan fingerprint density at radius 1 is 0.641 bits per heavy atom. The fourth-order valence-corrected chi connectivity index (χ4v) is 6.28. The average Bonchev–Trinajstić information content (AvgIpc) is 2.97. The summed E-state index contributed by atoms with van der Waals surface area (Å²) in [5.74, 6) is 2.34. The normalized spacial score (nSPS) is 19.3. The zero-order chi connectivity index (χ0) is 26.8. The first kappa shape index (κ1) is 25.7. The van der Waals surface area contributed by atoms with Gasteiger partial charge in [-0.15, -0.1) is 0 Å². The van der Waals surface area contributed by atoms with Gasteiger partial charge < -0.3 is 9.47 Å². The van der Waals surface area contributed by atoms with Gasteiger partial charge in [-0.2, -0.15) is 0 Å². The van der Waals surface area contributed by atoms with Gasteiger partial charge in [0.1, 0.15) is 5.75 Å².